The van der Waals surface area contributed by atoms with Crippen LogP contribution in [0.5, 0.6) is 0 Å². The highest BCUT2D eigenvalue weighted by atomic mass is 35.5. The van der Waals surface area contributed by atoms with Crippen LogP contribution in [0.15, 0.2) is 0 Å². The molecule has 2 aliphatic rings. The van der Waals surface area contributed by atoms with Gasteiger partial charge in [0.1, 0.15) is 0 Å². The number of nitrogens with two attached hydrogens (primary N) is 1. The lowest BCUT2D eigenvalue weighted by atomic mass is 9.94. The molecule has 2 fully saturated rings. The lowest BCUT2D eigenvalue weighted by Crippen LogP contribution is -2.50. The molecule has 4 nitrogen and oxygen atoms in total. The molecule has 1 unspecified atom stereocenters. The van der Waals surface area contributed by atoms with E-state index in [2.05, 4.69) is 4.90 Å². The fourth-order valence-corrected chi connectivity index (χ4v) is 3.49. The molecule has 2 N–H and O–H groups in total. The van der Waals surface area contributed by atoms with Gasteiger partial charge < -0.3 is 10.6 Å². The van der Waals surface area contributed by atoms with Crippen LogP contribution in [0.25, 0.3) is 0 Å². The lowest BCUT2D eigenvalue weighted by molar-refractivity contribution is -0.134. The summed E-state index contributed by atoms with van der Waals surface area (Å²) >= 11 is 0. The SMILES string of the molecule is CN(C(=O)CN1CCCCC1CN)C1CCCCC1.Cl. The summed E-state index contributed by atoms with van der Waals surface area (Å²) in [4.78, 5) is 16.7. The molecule has 1 heterocycles. The number of rotatable bonds is 4. The van der Waals surface area contributed by atoms with Gasteiger partial charge in [-0.2, -0.15) is 0 Å². The summed E-state index contributed by atoms with van der Waals surface area (Å²) in [6.45, 7) is 2.28. The van der Waals surface area contributed by atoms with E-state index in [1.807, 2.05) is 11.9 Å². The Labute approximate surface area is 129 Å². The molecule has 1 saturated heterocycles. The first kappa shape index (κ1) is 17.7. The Hall–Kier alpha value is -0.320. The first-order valence-corrected chi connectivity index (χ1v) is 7.92. The van der Waals surface area contributed by atoms with Gasteiger partial charge in [-0.3, -0.25) is 9.69 Å². The third kappa shape index (κ3) is 4.61. The predicted octanol–water partition coefficient (Wildman–Crippen LogP) is 2.01. The third-order valence-corrected chi connectivity index (χ3v) is 4.88. The molecule has 0 aromatic carbocycles. The summed E-state index contributed by atoms with van der Waals surface area (Å²) in [6, 6.07) is 0.889. The van der Waals surface area contributed by atoms with E-state index in [-0.39, 0.29) is 18.3 Å². The van der Waals surface area contributed by atoms with Gasteiger partial charge >= 0.3 is 0 Å². The van der Waals surface area contributed by atoms with E-state index in [0.29, 0.717) is 25.2 Å². The van der Waals surface area contributed by atoms with Gasteiger partial charge in [-0.15, -0.1) is 12.4 Å². The van der Waals surface area contributed by atoms with Crippen molar-refractivity contribution in [3.8, 4) is 0 Å². The highest BCUT2D eigenvalue weighted by Gasteiger charge is 2.27. The van der Waals surface area contributed by atoms with Crippen LogP contribution < -0.4 is 5.73 Å². The van der Waals surface area contributed by atoms with Crippen LogP contribution in [-0.4, -0.2) is 54.5 Å². The average Bonchev–Trinajstić information content (AvgIpc) is 2.48. The second kappa shape index (κ2) is 8.85. The second-order valence-electron chi connectivity index (χ2n) is 6.15. The van der Waals surface area contributed by atoms with E-state index in [1.54, 1.807) is 0 Å². The summed E-state index contributed by atoms with van der Waals surface area (Å²) in [5.41, 5.74) is 5.82. The lowest BCUT2D eigenvalue weighted by Gasteiger charge is -2.37. The molecule has 1 aliphatic heterocycles. The largest absolute Gasteiger partial charge is 0.342 e. The van der Waals surface area contributed by atoms with Crippen molar-refractivity contribution in [2.45, 2.75) is 63.5 Å². The molecule has 0 bridgehead atoms. The minimum Gasteiger partial charge on any atom is -0.342 e. The maximum Gasteiger partial charge on any atom is 0.236 e. The zero-order valence-electron chi connectivity index (χ0n) is 12.7. The monoisotopic (exact) mass is 303 g/mol. The Morgan fingerprint density at radius 3 is 2.45 bits per heavy atom. The number of carbonyl (C=O) groups excluding carboxylic acids is 1. The number of amides is 1. The first-order valence-electron chi connectivity index (χ1n) is 7.92. The van der Waals surface area contributed by atoms with Crippen molar-refractivity contribution in [2.24, 2.45) is 5.73 Å². The Balaban J connectivity index is 0.00000200. The fraction of sp³-hybridized carbons (Fsp3) is 0.933. The van der Waals surface area contributed by atoms with Crippen molar-refractivity contribution < 1.29 is 4.79 Å². The summed E-state index contributed by atoms with van der Waals surface area (Å²) < 4.78 is 0. The van der Waals surface area contributed by atoms with Gasteiger partial charge in [-0.1, -0.05) is 25.7 Å². The summed E-state index contributed by atoms with van der Waals surface area (Å²) in [5.74, 6) is 0.284. The molecule has 0 radical (unpaired) electrons. The van der Waals surface area contributed by atoms with Gasteiger partial charge in [0.15, 0.2) is 0 Å². The molecule has 0 aromatic rings. The van der Waals surface area contributed by atoms with E-state index in [9.17, 15) is 4.79 Å². The zero-order valence-corrected chi connectivity index (χ0v) is 13.5. The molecule has 1 atom stereocenters. The van der Waals surface area contributed by atoms with Gasteiger partial charge in [0, 0.05) is 25.7 Å². The molecule has 118 valence electrons. The fourth-order valence-electron chi connectivity index (χ4n) is 3.49. The molecule has 0 spiro atoms. The number of carbonyl (C=O) groups is 1. The maximum absolute atomic E-state index is 12.4. The van der Waals surface area contributed by atoms with Crippen molar-refractivity contribution in [3.63, 3.8) is 0 Å². The Morgan fingerprint density at radius 1 is 1.15 bits per heavy atom. The van der Waals surface area contributed by atoms with Crippen molar-refractivity contribution in [2.75, 3.05) is 26.7 Å². The van der Waals surface area contributed by atoms with Crippen LogP contribution in [0.3, 0.4) is 0 Å². The molecule has 20 heavy (non-hydrogen) atoms. The minimum atomic E-state index is 0. The van der Waals surface area contributed by atoms with E-state index >= 15 is 0 Å². The minimum absolute atomic E-state index is 0. The number of likely N-dealkylation sites (tertiary alicyclic amines) is 1. The normalized spacial score (nSPS) is 25.0. The number of piperidine rings is 1. The molecule has 1 aliphatic carbocycles. The Kier molecular flexibility index (Phi) is 7.85. The van der Waals surface area contributed by atoms with E-state index in [1.165, 1.54) is 44.9 Å². The standard InChI is InChI=1S/C15H29N3O.ClH/c1-17(13-7-3-2-4-8-13)15(19)12-18-10-6-5-9-14(18)11-16;/h13-14H,2-12,16H2,1H3;1H. The molecule has 0 aromatic heterocycles. The number of halogens is 1. The third-order valence-electron chi connectivity index (χ3n) is 4.88. The second-order valence-corrected chi connectivity index (χ2v) is 6.15. The van der Waals surface area contributed by atoms with Gasteiger partial charge in [-0.25, -0.2) is 0 Å². The molecular weight excluding hydrogens is 274 g/mol. The maximum atomic E-state index is 12.4. The van der Waals surface area contributed by atoms with Gasteiger partial charge in [0.2, 0.25) is 5.91 Å². The van der Waals surface area contributed by atoms with Crippen LogP contribution >= 0.6 is 12.4 Å². The molecular formula is C15H30ClN3O. The van der Waals surface area contributed by atoms with Gasteiger partial charge in [0.25, 0.3) is 0 Å². The highest BCUT2D eigenvalue weighted by Crippen LogP contribution is 2.22. The molecule has 5 heteroatoms. The smallest absolute Gasteiger partial charge is 0.236 e. The summed E-state index contributed by atoms with van der Waals surface area (Å²) in [5, 5.41) is 0. The van der Waals surface area contributed by atoms with Crippen molar-refractivity contribution >= 4 is 18.3 Å². The number of hydrogen-bond donors (Lipinski definition) is 1. The number of hydrogen-bond acceptors (Lipinski definition) is 3. The Bertz CT molecular complexity index is 295. The van der Waals surface area contributed by atoms with Gasteiger partial charge in [-0.05, 0) is 32.2 Å². The van der Waals surface area contributed by atoms with Crippen LogP contribution in [0, 0.1) is 0 Å². The van der Waals surface area contributed by atoms with Crippen molar-refractivity contribution in [3.05, 3.63) is 0 Å². The Morgan fingerprint density at radius 2 is 1.80 bits per heavy atom. The molecule has 1 amide bonds. The average molecular weight is 304 g/mol. The van der Waals surface area contributed by atoms with Crippen molar-refractivity contribution in [1.29, 1.82) is 0 Å². The topological polar surface area (TPSA) is 49.6 Å². The zero-order chi connectivity index (χ0) is 13.7. The highest BCUT2D eigenvalue weighted by molar-refractivity contribution is 5.85. The summed E-state index contributed by atoms with van der Waals surface area (Å²) in [7, 11) is 1.99. The number of nitrogens with zero attached hydrogens (tertiary/aromatic N) is 2. The predicted molar refractivity (Wildman–Crippen MR) is 85.2 cm³/mol. The number of likely N-dealkylation sites (N-methyl/N-ethyl adjacent to an activating group) is 1. The van der Waals surface area contributed by atoms with Crippen LogP contribution in [0.2, 0.25) is 0 Å². The molecule has 1 saturated carbocycles. The van der Waals surface area contributed by atoms with Crippen molar-refractivity contribution in [1.82, 2.24) is 9.80 Å². The summed E-state index contributed by atoms with van der Waals surface area (Å²) in [6.07, 6.45) is 9.86. The van der Waals surface area contributed by atoms with E-state index in [0.717, 1.165) is 13.0 Å². The van der Waals surface area contributed by atoms with Crippen LogP contribution in [0.4, 0.5) is 0 Å². The van der Waals surface area contributed by atoms with E-state index < -0.39 is 0 Å². The first-order chi connectivity index (χ1) is 9.22. The molecule has 2 rings (SSSR count). The van der Waals surface area contributed by atoms with Crippen LogP contribution in [0.1, 0.15) is 51.4 Å². The van der Waals surface area contributed by atoms with Gasteiger partial charge in [0.05, 0.1) is 6.54 Å². The van der Waals surface area contributed by atoms with Crippen LogP contribution in [-0.2, 0) is 4.79 Å². The van der Waals surface area contributed by atoms with E-state index in [4.69, 9.17) is 5.73 Å². The quantitative estimate of drug-likeness (QED) is 0.864.